The van der Waals surface area contributed by atoms with Gasteiger partial charge in [-0.2, -0.15) is 8.42 Å². The summed E-state index contributed by atoms with van der Waals surface area (Å²) in [5, 5.41) is 0.946. The van der Waals surface area contributed by atoms with E-state index in [0.717, 1.165) is 11.3 Å². The molecule has 4 nitrogen and oxygen atoms in total. The van der Waals surface area contributed by atoms with Gasteiger partial charge < -0.3 is 5.73 Å². The van der Waals surface area contributed by atoms with E-state index in [1.54, 1.807) is 0 Å². The molecule has 0 aromatic heterocycles. The maximum atomic E-state index is 9.19. The van der Waals surface area contributed by atoms with Gasteiger partial charge in [-0.25, -0.2) is 0 Å². The maximum Gasteiger partial charge on any atom is 0.261 e. The zero-order chi connectivity index (χ0) is 25.4. The Morgan fingerprint density at radius 3 is 1.45 bits per heavy atom. The van der Waals surface area contributed by atoms with E-state index in [1.165, 1.54) is 11.7 Å². The molecule has 192 valence electrons. The van der Waals surface area contributed by atoms with Crippen LogP contribution >= 0.6 is 7.92 Å². The number of hydrogen-bond acceptors (Lipinski definition) is 3. The molecule has 0 aliphatic rings. The summed E-state index contributed by atoms with van der Waals surface area (Å²) in [6.45, 7) is 21.5. The van der Waals surface area contributed by atoms with E-state index in [2.05, 4.69) is 74.4 Å². The molecule has 0 saturated carbocycles. The normalized spacial score (nSPS) is 12.0. The first kappa shape index (κ1) is 34.4. The summed E-state index contributed by atoms with van der Waals surface area (Å²) in [6, 6.07) is 18.1. The molecule has 7 heteroatoms. The average molecular weight is 588 g/mol. The summed E-state index contributed by atoms with van der Waals surface area (Å²) >= 11 is 0. The second-order valence-corrected chi connectivity index (χ2v) is 16.5. The van der Waals surface area contributed by atoms with E-state index < -0.39 is 10.1 Å². The SMILES string of the molecule is CC(C)(C)CP(C(C)(C)C)C(C)(C)C.CS(=O)(=O)O.Nc1ccccc1-c1ccccc1.[Pd]. The largest absolute Gasteiger partial charge is 0.398 e. The minimum Gasteiger partial charge on any atom is -0.398 e. The van der Waals surface area contributed by atoms with Gasteiger partial charge in [0, 0.05) is 31.7 Å². The minimum absolute atomic E-state index is 0. The Hall–Kier alpha value is -0.758. The van der Waals surface area contributed by atoms with Crippen molar-refractivity contribution in [1.29, 1.82) is 0 Å². The number of hydrogen-bond donors (Lipinski definition) is 2. The second kappa shape index (κ2) is 14.0. The molecule has 0 bridgehead atoms. The Morgan fingerprint density at radius 1 is 0.788 bits per heavy atom. The zero-order valence-corrected chi connectivity index (χ0v) is 25.2. The van der Waals surface area contributed by atoms with Crippen molar-refractivity contribution in [2.75, 3.05) is 18.2 Å². The van der Waals surface area contributed by atoms with Crippen LogP contribution in [0.25, 0.3) is 11.1 Å². The fraction of sp³-hybridized carbons (Fsp3) is 0.538. The molecule has 33 heavy (non-hydrogen) atoms. The standard InChI is InChI=1S/C13H29P.C12H11N.CH4O3S.Pd/c1-11(2,3)10-14(12(4,5)6)13(7,8)9;13-12-9-5-4-8-11(12)10-6-2-1-3-7-10;1-5(2,3)4;/h10H2,1-9H3;1-9H,13H2;1H3,(H,2,3,4);. The second-order valence-electron chi connectivity index (χ2n) is 11.2. The van der Waals surface area contributed by atoms with Gasteiger partial charge in [-0.05, 0) is 33.5 Å². The molecule has 0 unspecified atom stereocenters. The fourth-order valence-corrected chi connectivity index (χ4v) is 7.24. The van der Waals surface area contributed by atoms with Crippen LogP contribution in [0.15, 0.2) is 54.6 Å². The van der Waals surface area contributed by atoms with Gasteiger partial charge in [0.1, 0.15) is 0 Å². The van der Waals surface area contributed by atoms with Crippen LogP contribution in [0.5, 0.6) is 0 Å². The molecule has 2 aromatic carbocycles. The van der Waals surface area contributed by atoms with Crippen molar-refractivity contribution in [3.05, 3.63) is 54.6 Å². The average Bonchev–Trinajstić information content (AvgIpc) is 2.58. The molecule has 0 fully saturated rings. The Morgan fingerprint density at radius 2 is 1.15 bits per heavy atom. The van der Waals surface area contributed by atoms with Gasteiger partial charge in [0.15, 0.2) is 0 Å². The van der Waals surface area contributed by atoms with Crippen molar-refractivity contribution < 1.29 is 33.4 Å². The number of anilines is 1. The third kappa shape index (κ3) is 17.3. The van der Waals surface area contributed by atoms with Crippen molar-refractivity contribution in [3.63, 3.8) is 0 Å². The smallest absolute Gasteiger partial charge is 0.261 e. The van der Waals surface area contributed by atoms with Crippen LogP contribution in [0.4, 0.5) is 5.69 Å². The van der Waals surface area contributed by atoms with Gasteiger partial charge in [0.25, 0.3) is 10.1 Å². The zero-order valence-electron chi connectivity index (χ0n) is 21.9. The molecular formula is C26H44NO3PPdS. The Labute approximate surface area is 218 Å². The summed E-state index contributed by atoms with van der Waals surface area (Å²) in [5.74, 6) is 0. The quantitative estimate of drug-likeness (QED) is 0.165. The summed E-state index contributed by atoms with van der Waals surface area (Å²) in [6.07, 6.45) is 2.09. The number of rotatable bonds is 2. The molecule has 2 rings (SSSR count). The summed E-state index contributed by atoms with van der Waals surface area (Å²) in [7, 11) is -3.60. The van der Waals surface area contributed by atoms with E-state index in [0.29, 0.717) is 22.0 Å². The van der Waals surface area contributed by atoms with Crippen molar-refractivity contribution >= 4 is 23.7 Å². The summed E-state index contributed by atoms with van der Waals surface area (Å²) in [5.41, 5.74) is 9.41. The van der Waals surface area contributed by atoms with Gasteiger partial charge in [0.2, 0.25) is 0 Å². The maximum absolute atomic E-state index is 9.19. The van der Waals surface area contributed by atoms with Crippen LogP contribution in [0.3, 0.4) is 0 Å². The molecule has 0 aliphatic carbocycles. The number of nitrogen functional groups attached to an aromatic ring is 1. The predicted octanol–water partition coefficient (Wildman–Crippen LogP) is 7.55. The van der Waals surface area contributed by atoms with Crippen LogP contribution in [0.1, 0.15) is 62.3 Å². The van der Waals surface area contributed by atoms with Crippen LogP contribution in [0, 0.1) is 5.41 Å². The third-order valence-electron chi connectivity index (χ3n) is 4.30. The predicted molar refractivity (Wildman–Crippen MR) is 145 cm³/mol. The Bertz CT molecular complexity index is 891. The van der Waals surface area contributed by atoms with Gasteiger partial charge in [0.05, 0.1) is 6.26 Å². The molecule has 2 aromatic rings. The van der Waals surface area contributed by atoms with Gasteiger partial charge >= 0.3 is 0 Å². The fourth-order valence-electron chi connectivity index (χ4n) is 3.33. The summed E-state index contributed by atoms with van der Waals surface area (Å²) in [4.78, 5) is 0. The van der Waals surface area contributed by atoms with Crippen molar-refractivity contribution in [2.45, 2.75) is 72.6 Å². The van der Waals surface area contributed by atoms with E-state index in [1.807, 2.05) is 42.5 Å². The minimum atomic E-state index is -3.67. The molecule has 0 aliphatic heterocycles. The van der Waals surface area contributed by atoms with Crippen LogP contribution in [-0.4, -0.2) is 35.7 Å². The van der Waals surface area contributed by atoms with E-state index >= 15 is 0 Å². The number of para-hydroxylation sites is 1. The monoisotopic (exact) mass is 587 g/mol. The van der Waals surface area contributed by atoms with Crippen LogP contribution in [-0.2, 0) is 30.5 Å². The van der Waals surface area contributed by atoms with Crippen LogP contribution < -0.4 is 5.73 Å². The Kier molecular flexibility index (Phi) is 14.6. The van der Waals surface area contributed by atoms with Crippen molar-refractivity contribution in [1.82, 2.24) is 0 Å². The van der Waals surface area contributed by atoms with Crippen molar-refractivity contribution in [2.24, 2.45) is 5.41 Å². The van der Waals surface area contributed by atoms with Gasteiger partial charge in [-0.15, -0.1) is 0 Å². The first-order valence-corrected chi connectivity index (χ1v) is 14.2. The first-order chi connectivity index (χ1) is 14.2. The van der Waals surface area contributed by atoms with Gasteiger partial charge in [-0.1, -0.05) is 119 Å². The Balaban J connectivity index is 0. The first-order valence-electron chi connectivity index (χ1n) is 10.8. The van der Waals surface area contributed by atoms with E-state index in [9.17, 15) is 8.42 Å². The molecule has 0 atom stereocenters. The third-order valence-corrected chi connectivity index (χ3v) is 8.80. The van der Waals surface area contributed by atoms with Gasteiger partial charge in [-0.3, -0.25) is 4.55 Å². The molecular weight excluding hydrogens is 544 g/mol. The topological polar surface area (TPSA) is 80.4 Å². The molecule has 3 N–H and O–H groups in total. The van der Waals surface area contributed by atoms with Crippen molar-refractivity contribution in [3.8, 4) is 11.1 Å². The van der Waals surface area contributed by atoms with E-state index in [-0.39, 0.29) is 28.3 Å². The summed E-state index contributed by atoms with van der Waals surface area (Å²) < 4.78 is 25.9. The molecule has 0 saturated heterocycles. The number of nitrogens with two attached hydrogens (primary N) is 1. The molecule has 0 heterocycles. The molecule has 0 amide bonds. The molecule has 0 radical (unpaired) electrons. The number of benzene rings is 2. The van der Waals surface area contributed by atoms with Crippen LogP contribution in [0.2, 0.25) is 0 Å². The molecule has 0 spiro atoms. The van der Waals surface area contributed by atoms with E-state index in [4.69, 9.17) is 10.3 Å².